The standard InChI is InChI=1S/C18H17ClFN3O/c19-15-4-3-13(20)7-14(15)16-5-11-9-22-17(6-12(11)8-21-16)23-18(24)10-1-2-10/h3-7,9-10,17,21-22H,1-2,8H2,(H,23,24). The van der Waals surface area contributed by atoms with E-state index < -0.39 is 0 Å². The van der Waals surface area contributed by atoms with Crippen LogP contribution in [-0.4, -0.2) is 18.6 Å². The van der Waals surface area contributed by atoms with Gasteiger partial charge in [-0.1, -0.05) is 11.6 Å². The lowest BCUT2D eigenvalue weighted by Crippen LogP contribution is -2.45. The number of fused-ring (bicyclic) bond motifs is 1. The van der Waals surface area contributed by atoms with E-state index in [4.69, 9.17) is 11.6 Å². The molecule has 0 spiro atoms. The van der Waals surface area contributed by atoms with E-state index in [-0.39, 0.29) is 23.8 Å². The molecule has 3 aliphatic rings. The molecule has 6 heteroatoms. The van der Waals surface area contributed by atoms with E-state index in [2.05, 4.69) is 16.0 Å². The van der Waals surface area contributed by atoms with Crippen molar-refractivity contribution in [2.75, 3.05) is 6.54 Å². The van der Waals surface area contributed by atoms with Crippen molar-refractivity contribution < 1.29 is 9.18 Å². The lowest BCUT2D eigenvalue weighted by atomic mass is 9.96. The summed E-state index contributed by atoms with van der Waals surface area (Å²) in [6.45, 7) is 0.599. The maximum Gasteiger partial charge on any atom is 0.224 e. The average Bonchev–Trinajstić information content (AvgIpc) is 3.42. The predicted octanol–water partition coefficient (Wildman–Crippen LogP) is 2.69. The topological polar surface area (TPSA) is 53.2 Å². The van der Waals surface area contributed by atoms with Crippen LogP contribution in [0.3, 0.4) is 0 Å². The maximum atomic E-state index is 13.5. The van der Waals surface area contributed by atoms with Crippen molar-refractivity contribution in [1.82, 2.24) is 16.0 Å². The monoisotopic (exact) mass is 345 g/mol. The number of benzene rings is 1. The smallest absolute Gasteiger partial charge is 0.224 e. The van der Waals surface area contributed by atoms with Gasteiger partial charge >= 0.3 is 0 Å². The molecule has 4 nitrogen and oxygen atoms in total. The molecular formula is C18H17ClFN3O. The number of carbonyl (C=O) groups excluding carboxylic acids is 1. The minimum atomic E-state index is -0.322. The Hall–Kier alpha value is -2.27. The predicted molar refractivity (Wildman–Crippen MR) is 91.3 cm³/mol. The van der Waals surface area contributed by atoms with Gasteiger partial charge in [0.25, 0.3) is 0 Å². The molecule has 2 aliphatic heterocycles. The fraction of sp³-hybridized carbons (Fsp3) is 0.278. The molecule has 1 aromatic carbocycles. The van der Waals surface area contributed by atoms with E-state index in [1.807, 2.05) is 18.4 Å². The van der Waals surface area contributed by atoms with Gasteiger partial charge in [-0.3, -0.25) is 4.79 Å². The van der Waals surface area contributed by atoms with Crippen LogP contribution >= 0.6 is 11.6 Å². The number of amides is 1. The summed E-state index contributed by atoms with van der Waals surface area (Å²) in [5.41, 5.74) is 3.51. The van der Waals surface area contributed by atoms with Crippen LogP contribution in [0.5, 0.6) is 0 Å². The van der Waals surface area contributed by atoms with E-state index in [0.717, 1.165) is 29.7 Å². The van der Waals surface area contributed by atoms with Crippen LogP contribution in [0, 0.1) is 11.7 Å². The summed E-state index contributed by atoms with van der Waals surface area (Å²) in [7, 11) is 0. The van der Waals surface area contributed by atoms with Gasteiger partial charge in [-0.15, -0.1) is 0 Å². The average molecular weight is 346 g/mol. The molecule has 1 aliphatic carbocycles. The molecule has 3 N–H and O–H groups in total. The molecule has 1 atom stereocenters. The molecule has 0 saturated heterocycles. The zero-order valence-electron chi connectivity index (χ0n) is 12.9. The van der Waals surface area contributed by atoms with Crippen LogP contribution in [-0.2, 0) is 4.79 Å². The van der Waals surface area contributed by atoms with Crippen molar-refractivity contribution in [2.45, 2.75) is 19.0 Å². The van der Waals surface area contributed by atoms with Crippen molar-refractivity contribution in [1.29, 1.82) is 0 Å². The SMILES string of the molecule is O=C(NC1C=C2CNC(c3cc(F)ccc3Cl)=CC2=CN1)C1CC1. The summed E-state index contributed by atoms with van der Waals surface area (Å²) in [4.78, 5) is 11.9. The highest BCUT2D eigenvalue weighted by Gasteiger charge is 2.31. The normalized spacial score (nSPS) is 22.2. The van der Waals surface area contributed by atoms with Crippen molar-refractivity contribution >= 4 is 23.2 Å². The molecule has 1 saturated carbocycles. The van der Waals surface area contributed by atoms with Gasteiger partial charge in [0.05, 0.1) is 5.02 Å². The first-order valence-corrected chi connectivity index (χ1v) is 8.36. The van der Waals surface area contributed by atoms with Gasteiger partial charge in [-0.05, 0) is 54.3 Å². The Morgan fingerprint density at radius 1 is 1.33 bits per heavy atom. The Labute approximate surface area is 144 Å². The third-order valence-corrected chi connectivity index (χ3v) is 4.72. The Morgan fingerprint density at radius 2 is 2.17 bits per heavy atom. The molecular weight excluding hydrogens is 329 g/mol. The van der Waals surface area contributed by atoms with E-state index >= 15 is 0 Å². The maximum absolute atomic E-state index is 13.5. The first-order chi connectivity index (χ1) is 11.6. The van der Waals surface area contributed by atoms with Crippen LogP contribution in [0.2, 0.25) is 5.02 Å². The first kappa shape index (κ1) is 15.3. The van der Waals surface area contributed by atoms with Crippen molar-refractivity contribution in [3.8, 4) is 0 Å². The van der Waals surface area contributed by atoms with Gasteiger partial charge in [-0.2, -0.15) is 0 Å². The van der Waals surface area contributed by atoms with Crippen LogP contribution in [0.1, 0.15) is 18.4 Å². The minimum absolute atomic E-state index is 0.104. The minimum Gasteiger partial charge on any atom is -0.380 e. The second-order valence-electron chi connectivity index (χ2n) is 6.25. The van der Waals surface area contributed by atoms with Gasteiger partial charge in [0.2, 0.25) is 5.91 Å². The van der Waals surface area contributed by atoms with Gasteiger partial charge in [0, 0.05) is 29.9 Å². The molecule has 1 fully saturated rings. The number of allylic oxidation sites excluding steroid dienone is 1. The van der Waals surface area contributed by atoms with E-state index in [0.29, 0.717) is 17.1 Å². The van der Waals surface area contributed by atoms with Crippen LogP contribution < -0.4 is 16.0 Å². The molecule has 0 aromatic heterocycles. The molecule has 0 radical (unpaired) electrons. The molecule has 0 bridgehead atoms. The van der Waals surface area contributed by atoms with Crippen molar-refractivity contribution in [3.05, 3.63) is 64.1 Å². The summed E-state index contributed by atoms with van der Waals surface area (Å²) in [5, 5.41) is 9.94. The number of dihydropyridines is 1. The molecule has 4 rings (SSSR count). The molecule has 1 unspecified atom stereocenters. The number of hydrogen-bond donors (Lipinski definition) is 3. The summed E-state index contributed by atoms with van der Waals surface area (Å²) < 4.78 is 13.5. The second-order valence-corrected chi connectivity index (χ2v) is 6.66. The molecule has 24 heavy (non-hydrogen) atoms. The number of hydrogen-bond acceptors (Lipinski definition) is 3. The summed E-state index contributed by atoms with van der Waals surface area (Å²) in [6, 6.07) is 4.32. The lowest BCUT2D eigenvalue weighted by molar-refractivity contribution is -0.122. The Bertz CT molecular complexity index is 795. The lowest BCUT2D eigenvalue weighted by Gasteiger charge is -2.28. The number of nitrogens with one attached hydrogen (secondary N) is 3. The molecule has 2 heterocycles. The number of carbonyl (C=O) groups is 1. The van der Waals surface area contributed by atoms with Crippen molar-refractivity contribution in [2.24, 2.45) is 5.92 Å². The fourth-order valence-corrected chi connectivity index (χ4v) is 3.11. The molecule has 124 valence electrons. The van der Waals surface area contributed by atoms with Gasteiger partial charge in [0.15, 0.2) is 0 Å². The quantitative estimate of drug-likeness (QED) is 0.789. The third kappa shape index (κ3) is 3.04. The summed E-state index contributed by atoms with van der Waals surface area (Å²) >= 11 is 6.18. The Balaban J connectivity index is 1.53. The van der Waals surface area contributed by atoms with Crippen LogP contribution in [0.4, 0.5) is 4.39 Å². The molecule has 1 aromatic rings. The van der Waals surface area contributed by atoms with Gasteiger partial charge in [-0.25, -0.2) is 4.39 Å². The Kier molecular flexibility index (Phi) is 3.81. The summed E-state index contributed by atoms with van der Waals surface area (Å²) in [6.07, 6.45) is 7.59. The Morgan fingerprint density at radius 3 is 2.96 bits per heavy atom. The zero-order chi connectivity index (χ0) is 16.7. The number of halogens is 2. The van der Waals surface area contributed by atoms with Crippen LogP contribution in [0.25, 0.3) is 5.70 Å². The van der Waals surface area contributed by atoms with E-state index in [1.54, 1.807) is 6.07 Å². The highest BCUT2D eigenvalue weighted by molar-refractivity contribution is 6.32. The highest BCUT2D eigenvalue weighted by atomic mass is 35.5. The van der Waals surface area contributed by atoms with Crippen LogP contribution in [0.15, 0.2) is 47.7 Å². The van der Waals surface area contributed by atoms with Gasteiger partial charge in [0.1, 0.15) is 12.0 Å². The van der Waals surface area contributed by atoms with E-state index in [9.17, 15) is 9.18 Å². The van der Waals surface area contributed by atoms with Crippen molar-refractivity contribution in [3.63, 3.8) is 0 Å². The fourth-order valence-electron chi connectivity index (χ4n) is 2.89. The zero-order valence-corrected chi connectivity index (χ0v) is 13.7. The third-order valence-electron chi connectivity index (χ3n) is 4.39. The molecule has 1 amide bonds. The second kappa shape index (κ2) is 5.98. The number of rotatable bonds is 3. The van der Waals surface area contributed by atoms with Gasteiger partial charge < -0.3 is 16.0 Å². The van der Waals surface area contributed by atoms with E-state index in [1.165, 1.54) is 12.1 Å². The summed E-state index contributed by atoms with van der Waals surface area (Å²) in [5.74, 6) is -0.0357. The highest BCUT2D eigenvalue weighted by Crippen LogP contribution is 2.31. The largest absolute Gasteiger partial charge is 0.380 e. The first-order valence-electron chi connectivity index (χ1n) is 7.99.